The third-order valence-corrected chi connectivity index (χ3v) is 2.71. The molecule has 1 rings (SSSR count). The standard InChI is InChI=1S/C15H22N2O4/c1-3-9-17(11-15(19)20)10-14(18)16-12-5-7-13(8-6-12)21-4-2/h5-8H,3-4,9-11H2,1-2H3,(H,16,18)(H,19,20). The Labute approximate surface area is 124 Å². The van der Waals surface area contributed by atoms with Gasteiger partial charge in [-0.15, -0.1) is 0 Å². The molecule has 1 aromatic carbocycles. The first kappa shape index (κ1) is 17.0. The molecule has 0 spiro atoms. The van der Waals surface area contributed by atoms with Crippen LogP contribution in [0.25, 0.3) is 0 Å². The smallest absolute Gasteiger partial charge is 0.317 e. The van der Waals surface area contributed by atoms with Crippen molar-refractivity contribution in [3.63, 3.8) is 0 Å². The van der Waals surface area contributed by atoms with Gasteiger partial charge < -0.3 is 15.2 Å². The molecule has 0 aromatic heterocycles. The number of anilines is 1. The minimum atomic E-state index is -0.933. The van der Waals surface area contributed by atoms with E-state index in [2.05, 4.69) is 5.32 Å². The summed E-state index contributed by atoms with van der Waals surface area (Å²) in [7, 11) is 0. The molecule has 1 aromatic rings. The Balaban J connectivity index is 2.52. The molecule has 0 saturated heterocycles. The summed E-state index contributed by atoms with van der Waals surface area (Å²) >= 11 is 0. The first-order valence-electron chi connectivity index (χ1n) is 7.02. The van der Waals surface area contributed by atoms with Gasteiger partial charge in [0.1, 0.15) is 5.75 Å². The van der Waals surface area contributed by atoms with E-state index in [0.29, 0.717) is 18.8 Å². The molecule has 1 amide bonds. The molecular formula is C15H22N2O4. The van der Waals surface area contributed by atoms with Crippen LogP contribution in [0.2, 0.25) is 0 Å². The van der Waals surface area contributed by atoms with Gasteiger partial charge in [-0.3, -0.25) is 14.5 Å². The molecule has 0 aliphatic rings. The average molecular weight is 294 g/mol. The van der Waals surface area contributed by atoms with E-state index in [1.807, 2.05) is 13.8 Å². The van der Waals surface area contributed by atoms with Gasteiger partial charge in [-0.25, -0.2) is 0 Å². The van der Waals surface area contributed by atoms with Crippen LogP contribution in [-0.2, 0) is 9.59 Å². The number of hydrogen-bond acceptors (Lipinski definition) is 4. The Morgan fingerprint density at radius 3 is 2.38 bits per heavy atom. The van der Waals surface area contributed by atoms with Gasteiger partial charge in [0, 0.05) is 5.69 Å². The lowest BCUT2D eigenvalue weighted by atomic mass is 10.3. The third kappa shape index (κ3) is 6.76. The van der Waals surface area contributed by atoms with Crippen LogP contribution in [0.3, 0.4) is 0 Å². The van der Waals surface area contributed by atoms with Crippen molar-refractivity contribution >= 4 is 17.6 Å². The van der Waals surface area contributed by atoms with Crippen molar-refractivity contribution in [1.82, 2.24) is 4.90 Å². The van der Waals surface area contributed by atoms with Crippen LogP contribution >= 0.6 is 0 Å². The molecule has 0 unspecified atom stereocenters. The summed E-state index contributed by atoms with van der Waals surface area (Å²) in [6.07, 6.45) is 0.795. The second-order valence-electron chi connectivity index (χ2n) is 4.61. The van der Waals surface area contributed by atoms with Gasteiger partial charge in [0.15, 0.2) is 0 Å². The van der Waals surface area contributed by atoms with Crippen molar-refractivity contribution in [2.45, 2.75) is 20.3 Å². The van der Waals surface area contributed by atoms with Gasteiger partial charge in [-0.2, -0.15) is 0 Å². The highest BCUT2D eigenvalue weighted by Gasteiger charge is 2.13. The van der Waals surface area contributed by atoms with E-state index in [9.17, 15) is 9.59 Å². The van der Waals surface area contributed by atoms with Gasteiger partial charge in [0.25, 0.3) is 0 Å². The summed E-state index contributed by atoms with van der Waals surface area (Å²) in [5.41, 5.74) is 0.662. The van der Waals surface area contributed by atoms with E-state index < -0.39 is 5.97 Å². The van der Waals surface area contributed by atoms with Crippen LogP contribution < -0.4 is 10.1 Å². The zero-order chi connectivity index (χ0) is 15.7. The maximum Gasteiger partial charge on any atom is 0.317 e. The molecule has 6 nitrogen and oxygen atoms in total. The molecule has 116 valence electrons. The van der Waals surface area contributed by atoms with E-state index >= 15 is 0 Å². The van der Waals surface area contributed by atoms with Crippen molar-refractivity contribution in [1.29, 1.82) is 0 Å². The number of carboxylic acid groups (broad SMARTS) is 1. The topological polar surface area (TPSA) is 78.9 Å². The molecule has 0 aliphatic carbocycles. The number of amides is 1. The van der Waals surface area contributed by atoms with Crippen molar-refractivity contribution in [2.75, 3.05) is 31.6 Å². The van der Waals surface area contributed by atoms with Crippen molar-refractivity contribution in [3.8, 4) is 5.75 Å². The molecule has 21 heavy (non-hydrogen) atoms. The molecule has 0 aliphatic heterocycles. The zero-order valence-electron chi connectivity index (χ0n) is 12.5. The Morgan fingerprint density at radius 1 is 1.19 bits per heavy atom. The molecule has 0 heterocycles. The van der Waals surface area contributed by atoms with Crippen LogP contribution in [0, 0.1) is 0 Å². The van der Waals surface area contributed by atoms with E-state index in [4.69, 9.17) is 9.84 Å². The van der Waals surface area contributed by atoms with Gasteiger partial charge in [-0.05, 0) is 44.2 Å². The number of ether oxygens (including phenoxy) is 1. The first-order chi connectivity index (χ1) is 10.0. The fourth-order valence-corrected chi connectivity index (χ4v) is 1.93. The van der Waals surface area contributed by atoms with Crippen LogP contribution in [0.15, 0.2) is 24.3 Å². The average Bonchev–Trinajstić information content (AvgIpc) is 2.40. The largest absolute Gasteiger partial charge is 0.494 e. The lowest BCUT2D eigenvalue weighted by Crippen LogP contribution is -2.37. The summed E-state index contributed by atoms with van der Waals surface area (Å²) < 4.78 is 5.32. The molecule has 6 heteroatoms. The van der Waals surface area contributed by atoms with Crippen LogP contribution in [0.4, 0.5) is 5.69 Å². The molecule has 0 fully saturated rings. The predicted octanol–water partition coefficient (Wildman–Crippen LogP) is 1.82. The lowest BCUT2D eigenvalue weighted by Gasteiger charge is -2.18. The second kappa shape index (κ2) is 8.97. The molecule has 2 N–H and O–H groups in total. The Kier molecular flexibility index (Phi) is 7.25. The zero-order valence-corrected chi connectivity index (χ0v) is 12.5. The van der Waals surface area contributed by atoms with E-state index in [1.165, 1.54) is 0 Å². The van der Waals surface area contributed by atoms with Crippen molar-refractivity contribution < 1.29 is 19.4 Å². The van der Waals surface area contributed by atoms with E-state index in [0.717, 1.165) is 12.2 Å². The fraction of sp³-hybridized carbons (Fsp3) is 0.467. The fourth-order valence-electron chi connectivity index (χ4n) is 1.93. The normalized spacial score (nSPS) is 10.4. The summed E-state index contributed by atoms with van der Waals surface area (Å²) in [4.78, 5) is 24.3. The number of benzene rings is 1. The Hall–Kier alpha value is -2.08. The Morgan fingerprint density at radius 2 is 1.86 bits per heavy atom. The summed E-state index contributed by atoms with van der Waals surface area (Å²) in [5, 5.41) is 11.6. The number of carbonyl (C=O) groups excluding carboxylic acids is 1. The molecule has 0 saturated carbocycles. The van der Waals surface area contributed by atoms with Crippen molar-refractivity contribution in [2.24, 2.45) is 0 Å². The molecule has 0 bridgehead atoms. The SMILES string of the molecule is CCCN(CC(=O)O)CC(=O)Nc1ccc(OCC)cc1. The summed E-state index contributed by atoms with van der Waals surface area (Å²) in [5.74, 6) is -0.417. The van der Waals surface area contributed by atoms with Gasteiger partial charge >= 0.3 is 5.97 Å². The van der Waals surface area contributed by atoms with Gasteiger partial charge in [0.05, 0.1) is 19.7 Å². The number of nitrogens with one attached hydrogen (secondary N) is 1. The van der Waals surface area contributed by atoms with Gasteiger partial charge in [-0.1, -0.05) is 6.92 Å². The summed E-state index contributed by atoms with van der Waals surface area (Å²) in [6.45, 7) is 4.94. The predicted molar refractivity (Wildman–Crippen MR) is 80.6 cm³/mol. The monoisotopic (exact) mass is 294 g/mol. The third-order valence-electron chi connectivity index (χ3n) is 2.71. The highest BCUT2D eigenvalue weighted by atomic mass is 16.5. The van der Waals surface area contributed by atoms with Crippen LogP contribution in [0.1, 0.15) is 20.3 Å². The minimum Gasteiger partial charge on any atom is -0.494 e. The Bertz CT molecular complexity index is 459. The van der Waals surface area contributed by atoms with Crippen LogP contribution in [0.5, 0.6) is 5.75 Å². The highest BCUT2D eigenvalue weighted by molar-refractivity contribution is 5.92. The molecule has 0 atom stereocenters. The summed E-state index contributed by atoms with van der Waals surface area (Å²) in [6, 6.07) is 7.06. The maximum absolute atomic E-state index is 11.9. The number of carbonyl (C=O) groups is 2. The number of carboxylic acids is 1. The number of nitrogens with zero attached hydrogens (tertiary/aromatic N) is 1. The van der Waals surface area contributed by atoms with Crippen LogP contribution in [-0.4, -0.2) is 48.1 Å². The number of hydrogen-bond donors (Lipinski definition) is 2. The number of aliphatic carboxylic acids is 1. The molecular weight excluding hydrogens is 272 g/mol. The van der Waals surface area contributed by atoms with E-state index in [1.54, 1.807) is 29.2 Å². The minimum absolute atomic E-state index is 0.0628. The maximum atomic E-state index is 11.9. The highest BCUT2D eigenvalue weighted by Crippen LogP contribution is 2.15. The molecule has 0 radical (unpaired) electrons. The second-order valence-corrected chi connectivity index (χ2v) is 4.61. The van der Waals surface area contributed by atoms with Crippen molar-refractivity contribution in [3.05, 3.63) is 24.3 Å². The van der Waals surface area contributed by atoms with E-state index in [-0.39, 0.29) is 19.0 Å². The van der Waals surface area contributed by atoms with Gasteiger partial charge in [0.2, 0.25) is 5.91 Å². The quantitative estimate of drug-likeness (QED) is 0.726. The number of rotatable bonds is 9. The lowest BCUT2D eigenvalue weighted by molar-refractivity contribution is -0.138. The first-order valence-corrected chi connectivity index (χ1v) is 7.02.